The lowest BCUT2D eigenvalue weighted by atomic mass is 9.83. The van der Waals surface area contributed by atoms with Crippen LogP contribution in [0, 0.1) is 5.92 Å². The number of nitrogens with one attached hydrogen (secondary N) is 1. The molecule has 3 heteroatoms. The van der Waals surface area contributed by atoms with E-state index in [0.29, 0.717) is 12.1 Å². The van der Waals surface area contributed by atoms with Gasteiger partial charge in [-0.05, 0) is 58.9 Å². The average Bonchev–Trinajstić information content (AvgIpc) is 2.45. The Balaban J connectivity index is 2.51. The van der Waals surface area contributed by atoms with Crippen molar-refractivity contribution in [3.8, 4) is 0 Å². The standard InChI is InChI=1S/C18H38N2O/c1-7-16-8-10-17(11-9-16)20(6)15(4)12-18(5,13-21)19-14(2)3/h14-17,19,21H,7-13H2,1-6H3. The van der Waals surface area contributed by atoms with Gasteiger partial charge in [0.15, 0.2) is 0 Å². The van der Waals surface area contributed by atoms with Crippen molar-refractivity contribution in [2.75, 3.05) is 13.7 Å². The largest absolute Gasteiger partial charge is 0.394 e. The number of rotatable bonds is 8. The molecule has 0 saturated heterocycles. The van der Waals surface area contributed by atoms with Crippen LogP contribution in [0.1, 0.15) is 73.1 Å². The molecule has 0 heterocycles. The summed E-state index contributed by atoms with van der Waals surface area (Å²) in [4.78, 5) is 2.56. The van der Waals surface area contributed by atoms with E-state index < -0.39 is 0 Å². The van der Waals surface area contributed by atoms with Gasteiger partial charge in [-0.3, -0.25) is 0 Å². The van der Waals surface area contributed by atoms with Gasteiger partial charge in [0.2, 0.25) is 0 Å². The number of nitrogens with zero attached hydrogens (tertiary/aromatic N) is 1. The van der Waals surface area contributed by atoms with E-state index in [-0.39, 0.29) is 12.1 Å². The van der Waals surface area contributed by atoms with Crippen LogP contribution in [0.15, 0.2) is 0 Å². The third-order valence-corrected chi connectivity index (χ3v) is 5.40. The molecule has 1 saturated carbocycles. The van der Waals surface area contributed by atoms with Crippen molar-refractivity contribution < 1.29 is 5.11 Å². The molecule has 0 amide bonds. The first kappa shape index (κ1) is 18.9. The molecule has 1 aliphatic carbocycles. The fourth-order valence-corrected chi connectivity index (χ4v) is 3.98. The fraction of sp³-hybridized carbons (Fsp3) is 1.00. The minimum Gasteiger partial charge on any atom is -0.394 e. The molecule has 0 spiro atoms. The second kappa shape index (κ2) is 8.50. The molecule has 0 aromatic carbocycles. The van der Waals surface area contributed by atoms with Crippen molar-refractivity contribution in [1.82, 2.24) is 10.2 Å². The molecule has 2 unspecified atom stereocenters. The second-order valence-corrected chi connectivity index (χ2v) is 7.82. The number of hydrogen-bond donors (Lipinski definition) is 2. The molecule has 1 fully saturated rings. The van der Waals surface area contributed by atoms with Crippen molar-refractivity contribution in [1.29, 1.82) is 0 Å². The van der Waals surface area contributed by atoms with Gasteiger partial charge in [0.1, 0.15) is 0 Å². The van der Waals surface area contributed by atoms with Gasteiger partial charge >= 0.3 is 0 Å². The molecule has 0 aliphatic heterocycles. The lowest BCUT2D eigenvalue weighted by molar-refractivity contribution is 0.0809. The smallest absolute Gasteiger partial charge is 0.0611 e. The zero-order valence-corrected chi connectivity index (χ0v) is 15.2. The summed E-state index contributed by atoms with van der Waals surface area (Å²) in [6.07, 6.45) is 7.79. The SMILES string of the molecule is CCC1CCC(N(C)C(C)CC(C)(CO)NC(C)C)CC1. The van der Waals surface area contributed by atoms with Gasteiger partial charge in [0.25, 0.3) is 0 Å². The number of aliphatic hydroxyl groups excluding tert-OH is 1. The molecule has 1 aliphatic rings. The first-order chi connectivity index (χ1) is 9.81. The monoisotopic (exact) mass is 298 g/mol. The maximum absolute atomic E-state index is 9.76. The van der Waals surface area contributed by atoms with Gasteiger partial charge in [0, 0.05) is 23.7 Å². The van der Waals surface area contributed by atoms with E-state index in [1.807, 2.05) is 0 Å². The number of hydrogen-bond acceptors (Lipinski definition) is 3. The van der Waals surface area contributed by atoms with Crippen LogP contribution in [-0.2, 0) is 0 Å². The molecule has 1 rings (SSSR count). The van der Waals surface area contributed by atoms with Gasteiger partial charge in [-0.25, -0.2) is 0 Å². The molecule has 3 nitrogen and oxygen atoms in total. The normalized spacial score (nSPS) is 27.9. The predicted octanol–water partition coefficient (Wildman–Crippen LogP) is 3.41. The number of aliphatic hydroxyl groups is 1. The van der Waals surface area contributed by atoms with Crippen LogP contribution in [0.2, 0.25) is 0 Å². The first-order valence-electron chi connectivity index (χ1n) is 8.91. The van der Waals surface area contributed by atoms with Gasteiger partial charge in [-0.15, -0.1) is 0 Å². The van der Waals surface area contributed by atoms with E-state index in [1.165, 1.54) is 32.1 Å². The van der Waals surface area contributed by atoms with Gasteiger partial charge in [0.05, 0.1) is 6.61 Å². The molecule has 0 aromatic rings. The average molecular weight is 299 g/mol. The molecule has 2 atom stereocenters. The van der Waals surface area contributed by atoms with Crippen LogP contribution in [0.5, 0.6) is 0 Å². The lowest BCUT2D eigenvalue weighted by Gasteiger charge is -2.41. The summed E-state index contributed by atoms with van der Waals surface area (Å²) in [7, 11) is 2.27. The molecule has 0 bridgehead atoms. The molecular weight excluding hydrogens is 260 g/mol. The molecular formula is C18H38N2O. The van der Waals surface area contributed by atoms with E-state index in [9.17, 15) is 5.11 Å². The van der Waals surface area contributed by atoms with Crippen molar-refractivity contribution in [3.63, 3.8) is 0 Å². The van der Waals surface area contributed by atoms with Crippen LogP contribution in [-0.4, -0.2) is 47.3 Å². The Morgan fingerprint density at radius 2 is 1.76 bits per heavy atom. The topological polar surface area (TPSA) is 35.5 Å². The summed E-state index contributed by atoms with van der Waals surface area (Å²) in [6, 6.07) is 1.63. The van der Waals surface area contributed by atoms with Crippen molar-refractivity contribution >= 4 is 0 Å². The Bertz CT molecular complexity index is 287. The van der Waals surface area contributed by atoms with Gasteiger partial charge < -0.3 is 15.3 Å². The van der Waals surface area contributed by atoms with E-state index in [4.69, 9.17) is 0 Å². The van der Waals surface area contributed by atoms with Crippen LogP contribution in [0.4, 0.5) is 0 Å². The van der Waals surface area contributed by atoms with Crippen molar-refractivity contribution in [2.24, 2.45) is 5.92 Å². The van der Waals surface area contributed by atoms with E-state index >= 15 is 0 Å². The Morgan fingerprint density at radius 1 is 1.19 bits per heavy atom. The Hall–Kier alpha value is -0.120. The first-order valence-corrected chi connectivity index (χ1v) is 8.91. The quantitative estimate of drug-likeness (QED) is 0.721. The molecule has 0 radical (unpaired) electrons. The van der Waals surface area contributed by atoms with Crippen LogP contribution in [0.25, 0.3) is 0 Å². The summed E-state index contributed by atoms with van der Waals surface area (Å²) >= 11 is 0. The minimum absolute atomic E-state index is 0.178. The zero-order chi connectivity index (χ0) is 16.0. The highest BCUT2D eigenvalue weighted by atomic mass is 16.3. The van der Waals surface area contributed by atoms with Crippen LogP contribution < -0.4 is 5.32 Å². The summed E-state index contributed by atoms with van der Waals surface area (Å²) in [6.45, 7) is 11.3. The third-order valence-electron chi connectivity index (χ3n) is 5.40. The summed E-state index contributed by atoms with van der Waals surface area (Å²) in [5.74, 6) is 0.954. The summed E-state index contributed by atoms with van der Waals surface area (Å²) < 4.78 is 0. The maximum Gasteiger partial charge on any atom is 0.0611 e. The highest BCUT2D eigenvalue weighted by Gasteiger charge is 2.31. The molecule has 2 N–H and O–H groups in total. The maximum atomic E-state index is 9.76. The predicted molar refractivity (Wildman–Crippen MR) is 91.6 cm³/mol. The summed E-state index contributed by atoms with van der Waals surface area (Å²) in [5.41, 5.74) is -0.178. The fourth-order valence-electron chi connectivity index (χ4n) is 3.98. The van der Waals surface area contributed by atoms with E-state index in [2.05, 4.69) is 51.9 Å². The van der Waals surface area contributed by atoms with Crippen LogP contribution in [0.3, 0.4) is 0 Å². The van der Waals surface area contributed by atoms with Gasteiger partial charge in [-0.2, -0.15) is 0 Å². The van der Waals surface area contributed by atoms with Crippen molar-refractivity contribution in [3.05, 3.63) is 0 Å². The highest BCUT2D eigenvalue weighted by Crippen LogP contribution is 2.30. The Morgan fingerprint density at radius 3 is 2.19 bits per heavy atom. The molecule has 0 aromatic heterocycles. The Labute approximate surface area is 132 Å². The highest BCUT2D eigenvalue weighted by molar-refractivity contribution is 4.90. The Kier molecular flexibility index (Phi) is 7.66. The molecule has 21 heavy (non-hydrogen) atoms. The second-order valence-electron chi connectivity index (χ2n) is 7.82. The minimum atomic E-state index is -0.178. The van der Waals surface area contributed by atoms with Crippen molar-refractivity contribution in [2.45, 2.75) is 96.8 Å². The van der Waals surface area contributed by atoms with Crippen LogP contribution >= 0.6 is 0 Å². The zero-order valence-electron chi connectivity index (χ0n) is 15.2. The summed E-state index contributed by atoms with van der Waals surface area (Å²) in [5, 5.41) is 13.3. The third kappa shape index (κ3) is 5.88. The lowest BCUT2D eigenvalue weighted by Crippen LogP contribution is -2.53. The van der Waals surface area contributed by atoms with E-state index in [0.717, 1.165) is 18.4 Å². The van der Waals surface area contributed by atoms with E-state index in [1.54, 1.807) is 0 Å². The molecule has 126 valence electrons. The van der Waals surface area contributed by atoms with Gasteiger partial charge in [-0.1, -0.05) is 27.2 Å².